The van der Waals surface area contributed by atoms with E-state index in [9.17, 15) is 9.59 Å². The van der Waals surface area contributed by atoms with Crippen LogP contribution in [0.4, 0.5) is 0 Å². The normalized spacial score (nSPS) is 21.9. The Hall–Kier alpha value is -2.70. The Morgan fingerprint density at radius 3 is 2.17 bits per heavy atom. The van der Waals surface area contributed by atoms with Crippen molar-refractivity contribution in [2.24, 2.45) is 5.41 Å². The fourth-order valence-electron chi connectivity index (χ4n) is 2.29. The van der Waals surface area contributed by atoms with Crippen LogP contribution in [0.2, 0.25) is 0 Å². The monoisotopic (exact) mass is 400 g/mol. The zero-order valence-corrected chi connectivity index (χ0v) is 17.0. The van der Waals surface area contributed by atoms with Crippen LogP contribution in [0.5, 0.6) is 0 Å². The number of rotatable bonds is 12. The SMILES string of the molecule is C=C/C(=C\C=C\C(C)(C)/C(C=C)=C/C=C/C(=O)OCC1CO1)C(=O)OCC1CO1. The van der Waals surface area contributed by atoms with Crippen molar-refractivity contribution in [3.63, 3.8) is 0 Å². The molecule has 0 N–H and O–H groups in total. The van der Waals surface area contributed by atoms with Gasteiger partial charge in [-0.3, -0.25) is 0 Å². The third kappa shape index (κ3) is 8.46. The molecule has 0 radical (unpaired) electrons. The average Bonchev–Trinajstić information content (AvgIpc) is 3.59. The van der Waals surface area contributed by atoms with Crippen molar-refractivity contribution in [2.75, 3.05) is 26.4 Å². The van der Waals surface area contributed by atoms with E-state index in [1.54, 1.807) is 30.4 Å². The Morgan fingerprint density at radius 2 is 1.62 bits per heavy atom. The van der Waals surface area contributed by atoms with E-state index in [0.717, 1.165) is 5.57 Å². The lowest BCUT2D eigenvalue weighted by Gasteiger charge is -2.21. The quantitative estimate of drug-likeness (QED) is 0.217. The Kier molecular flexibility index (Phi) is 8.36. The summed E-state index contributed by atoms with van der Waals surface area (Å²) >= 11 is 0. The summed E-state index contributed by atoms with van der Waals surface area (Å²) in [5.74, 6) is -0.849. The number of hydrogen-bond acceptors (Lipinski definition) is 6. The van der Waals surface area contributed by atoms with Gasteiger partial charge in [-0.25, -0.2) is 9.59 Å². The van der Waals surface area contributed by atoms with E-state index in [0.29, 0.717) is 18.8 Å². The molecule has 0 aromatic carbocycles. The van der Waals surface area contributed by atoms with E-state index < -0.39 is 11.9 Å². The maximum Gasteiger partial charge on any atom is 0.338 e. The molecule has 2 heterocycles. The van der Waals surface area contributed by atoms with Crippen LogP contribution in [-0.4, -0.2) is 50.6 Å². The number of ether oxygens (including phenoxy) is 4. The van der Waals surface area contributed by atoms with Crippen molar-refractivity contribution in [1.82, 2.24) is 0 Å². The molecular formula is C23H28O6. The van der Waals surface area contributed by atoms with Crippen LogP contribution in [0.1, 0.15) is 13.8 Å². The molecule has 2 atom stereocenters. The van der Waals surface area contributed by atoms with Crippen LogP contribution >= 0.6 is 0 Å². The second-order valence-corrected chi connectivity index (χ2v) is 7.23. The van der Waals surface area contributed by atoms with Gasteiger partial charge in [-0.1, -0.05) is 63.5 Å². The third-order valence-electron chi connectivity index (χ3n) is 4.33. The Balaban J connectivity index is 1.93. The first kappa shape index (κ1) is 22.6. The molecule has 0 amide bonds. The molecule has 2 fully saturated rings. The summed E-state index contributed by atoms with van der Waals surface area (Å²) in [6, 6.07) is 0. The molecule has 0 aromatic rings. The Bertz CT molecular complexity index is 745. The minimum atomic E-state index is -0.435. The minimum absolute atomic E-state index is 0.0205. The van der Waals surface area contributed by atoms with Crippen LogP contribution in [0.25, 0.3) is 0 Å². The van der Waals surface area contributed by atoms with E-state index in [1.807, 2.05) is 19.9 Å². The van der Waals surface area contributed by atoms with E-state index in [2.05, 4.69) is 13.2 Å². The van der Waals surface area contributed by atoms with Crippen molar-refractivity contribution in [1.29, 1.82) is 0 Å². The number of allylic oxidation sites excluding steroid dienone is 7. The molecule has 2 aliphatic heterocycles. The van der Waals surface area contributed by atoms with Crippen LogP contribution < -0.4 is 0 Å². The molecule has 6 nitrogen and oxygen atoms in total. The molecule has 0 aromatic heterocycles. The highest BCUT2D eigenvalue weighted by atomic mass is 16.6. The highest BCUT2D eigenvalue weighted by Crippen LogP contribution is 2.29. The molecule has 2 unspecified atom stereocenters. The van der Waals surface area contributed by atoms with Crippen LogP contribution in [0, 0.1) is 5.41 Å². The summed E-state index contributed by atoms with van der Waals surface area (Å²) in [6.07, 6.45) is 13.4. The van der Waals surface area contributed by atoms with Gasteiger partial charge in [0, 0.05) is 11.5 Å². The predicted octanol–water partition coefficient (Wildman–Crippen LogP) is 3.23. The van der Waals surface area contributed by atoms with Crippen LogP contribution in [0.3, 0.4) is 0 Å². The van der Waals surface area contributed by atoms with Crippen molar-refractivity contribution in [2.45, 2.75) is 26.1 Å². The maximum atomic E-state index is 12.0. The molecule has 2 saturated heterocycles. The minimum Gasteiger partial charge on any atom is -0.460 e. The molecule has 2 aliphatic rings. The van der Waals surface area contributed by atoms with Crippen molar-refractivity contribution in [3.05, 3.63) is 72.9 Å². The van der Waals surface area contributed by atoms with Crippen molar-refractivity contribution < 1.29 is 28.5 Å². The van der Waals surface area contributed by atoms with Gasteiger partial charge in [0.1, 0.15) is 25.4 Å². The molecule has 0 spiro atoms. The van der Waals surface area contributed by atoms with Crippen LogP contribution in [0.15, 0.2) is 72.9 Å². The summed E-state index contributed by atoms with van der Waals surface area (Å²) < 4.78 is 20.2. The number of esters is 2. The standard InChI is InChI=1S/C23H28O6/c1-5-17(22(25)29-16-20-14-27-20)9-8-12-23(3,4)18(6-2)10-7-11-21(24)28-15-19-13-26-19/h5-12,19-20H,1-2,13-16H2,3-4H3/b11-7+,12-8+,17-9+,18-10+. The molecule has 0 bridgehead atoms. The zero-order chi connectivity index (χ0) is 21.3. The first-order valence-corrected chi connectivity index (χ1v) is 9.46. The van der Waals surface area contributed by atoms with Gasteiger partial charge in [0.15, 0.2) is 0 Å². The second-order valence-electron chi connectivity index (χ2n) is 7.23. The topological polar surface area (TPSA) is 77.7 Å². The highest BCUT2D eigenvalue weighted by molar-refractivity contribution is 5.91. The Labute approximate surface area is 171 Å². The Morgan fingerprint density at radius 1 is 1.00 bits per heavy atom. The molecule has 0 saturated carbocycles. The number of carbonyl (C=O) groups excluding carboxylic acids is 2. The molecule has 29 heavy (non-hydrogen) atoms. The number of carbonyl (C=O) groups is 2. The van der Waals surface area contributed by atoms with Gasteiger partial charge in [0.2, 0.25) is 0 Å². The summed E-state index contributed by atoms with van der Waals surface area (Å²) in [4.78, 5) is 23.7. The van der Waals surface area contributed by atoms with E-state index in [4.69, 9.17) is 18.9 Å². The second kappa shape index (κ2) is 10.7. The molecule has 2 rings (SSSR count). The van der Waals surface area contributed by atoms with E-state index in [-0.39, 0.29) is 30.8 Å². The van der Waals surface area contributed by atoms with E-state index >= 15 is 0 Å². The number of hydrogen-bond donors (Lipinski definition) is 0. The third-order valence-corrected chi connectivity index (χ3v) is 4.33. The predicted molar refractivity (Wildman–Crippen MR) is 110 cm³/mol. The van der Waals surface area contributed by atoms with E-state index in [1.165, 1.54) is 12.2 Å². The summed E-state index contributed by atoms with van der Waals surface area (Å²) in [5, 5.41) is 0. The molecular weight excluding hydrogens is 372 g/mol. The zero-order valence-electron chi connectivity index (χ0n) is 17.0. The smallest absolute Gasteiger partial charge is 0.338 e. The number of epoxide rings is 2. The summed E-state index contributed by atoms with van der Waals surface area (Å²) in [6.45, 7) is 13.3. The van der Waals surface area contributed by atoms with Gasteiger partial charge in [0.25, 0.3) is 0 Å². The molecule has 6 heteroatoms. The van der Waals surface area contributed by atoms with Crippen molar-refractivity contribution >= 4 is 11.9 Å². The van der Waals surface area contributed by atoms with Gasteiger partial charge in [-0.05, 0) is 11.6 Å². The lowest BCUT2D eigenvalue weighted by Crippen LogP contribution is -2.11. The molecule has 0 aliphatic carbocycles. The fourth-order valence-corrected chi connectivity index (χ4v) is 2.29. The van der Waals surface area contributed by atoms with Crippen molar-refractivity contribution in [3.8, 4) is 0 Å². The van der Waals surface area contributed by atoms with Gasteiger partial charge >= 0.3 is 11.9 Å². The highest BCUT2D eigenvalue weighted by Gasteiger charge is 2.25. The maximum absolute atomic E-state index is 12.0. The van der Waals surface area contributed by atoms with Gasteiger partial charge in [-0.15, -0.1) is 0 Å². The largest absolute Gasteiger partial charge is 0.460 e. The summed E-state index contributed by atoms with van der Waals surface area (Å²) in [7, 11) is 0. The lowest BCUT2D eigenvalue weighted by atomic mass is 9.83. The van der Waals surface area contributed by atoms with Crippen LogP contribution in [-0.2, 0) is 28.5 Å². The lowest BCUT2D eigenvalue weighted by molar-refractivity contribution is -0.139. The summed E-state index contributed by atoms with van der Waals surface area (Å²) in [5.41, 5.74) is 0.876. The van der Waals surface area contributed by atoms with Gasteiger partial charge in [0.05, 0.1) is 18.8 Å². The van der Waals surface area contributed by atoms with Gasteiger partial charge in [-0.2, -0.15) is 0 Å². The first-order valence-electron chi connectivity index (χ1n) is 9.46. The van der Waals surface area contributed by atoms with Gasteiger partial charge < -0.3 is 18.9 Å². The first-order chi connectivity index (χ1) is 13.9. The molecule has 156 valence electrons. The fraction of sp³-hybridized carbons (Fsp3) is 0.391. The average molecular weight is 400 g/mol.